The van der Waals surface area contributed by atoms with Gasteiger partial charge in [-0.25, -0.2) is 0 Å². The predicted molar refractivity (Wildman–Crippen MR) is 87.8 cm³/mol. The van der Waals surface area contributed by atoms with Gasteiger partial charge in [-0.05, 0) is 54.9 Å². The fourth-order valence-electron chi connectivity index (χ4n) is 5.85. The van der Waals surface area contributed by atoms with Crippen molar-refractivity contribution in [3.8, 4) is 0 Å². The molecule has 0 radical (unpaired) electrons. The molecular weight excluding hydrogens is 284 g/mol. The van der Waals surface area contributed by atoms with E-state index in [2.05, 4.69) is 13.8 Å². The molecule has 3 atom stereocenters. The molecule has 2 fully saturated rings. The fourth-order valence-corrected chi connectivity index (χ4v) is 8.00. The van der Waals surface area contributed by atoms with Crippen molar-refractivity contribution in [2.75, 3.05) is 11.5 Å². The summed E-state index contributed by atoms with van der Waals surface area (Å²) in [5.74, 6) is 4.50. The van der Waals surface area contributed by atoms with Crippen molar-refractivity contribution in [3.05, 3.63) is 11.1 Å². The van der Waals surface area contributed by atoms with Crippen LogP contribution in [0.2, 0.25) is 0 Å². The third-order valence-electron chi connectivity index (χ3n) is 6.93. The maximum Gasteiger partial charge on any atom is 0.159 e. The van der Waals surface area contributed by atoms with Gasteiger partial charge in [-0.1, -0.05) is 41.0 Å². The molecule has 3 unspecified atom stereocenters. The topological polar surface area (TPSA) is 17.1 Å². The van der Waals surface area contributed by atoms with Crippen LogP contribution in [0.1, 0.15) is 52.4 Å². The molecule has 2 saturated carbocycles. The molecule has 3 aliphatic carbocycles. The molecule has 1 aliphatic heterocycles. The average Bonchev–Trinajstić information content (AvgIpc) is 2.70. The van der Waals surface area contributed by atoms with Gasteiger partial charge in [-0.3, -0.25) is 4.79 Å². The number of allylic oxidation sites excluding steroid dienone is 2. The van der Waals surface area contributed by atoms with Gasteiger partial charge >= 0.3 is 0 Å². The van der Waals surface area contributed by atoms with Crippen molar-refractivity contribution in [1.82, 2.24) is 0 Å². The van der Waals surface area contributed by atoms with Crippen molar-refractivity contribution in [3.63, 3.8) is 0 Å². The minimum absolute atomic E-state index is 0.255. The van der Waals surface area contributed by atoms with Crippen LogP contribution in [-0.4, -0.2) is 17.3 Å². The normalized spacial score (nSPS) is 43.0. The maximum absolute atomic E-state index is 12.7. The van der Waals surface area contributed by atoms with Gasteiger partial charge in [0, 0.05) is 23.3 Å². The van der Waals surface area contributed by atoms with Gasteiger partial charge in [0.1, 0.15) is 0 Å². The number of Topliss-reactive ketones (excluding diaryl/α,β-unsaturated/α-hetero) is 1. The smallest absolute Gasteiger partial charge is 0.159 e. The summed E-state index contributed by atoms with van der Waals surface area (Å²) in [6.45, 7) is 4.95. The van der Waals surface area contributed by atoms with E-state index in [1.165, 1.54) is 37.0 Å². The van der Waals surface area contributed by atoms with Crippen molar-refractivity contribution in [2.45, 2.75) is 52.4 Å². The molecule has 3 heteroatoms. The Bertz CT molecular complexity index is 493. The molecule has 0 aromatic heterocycles. The lowest BCUT2D eigenvalue weighted by Gasteiger charge is -2.52. The molecule has 1 heterocycles. The van der Waals surface area contributed by atoms with E-state index < -0.39 is 0 Å². The second-order valence-electron chi connectivity index (χ2n) is 7.61. The minimum atomic E-state index is 0.255. The summed E-state index contributed by atoms with van der Waals surface area (Å²) in [6.07, 6.45) is 7.19. The summed E-state index contributed by atoms with van der Waals surface area (Å²) >= 11 is 0. The Morgan fingerprint density at radius 1 is 1.05 bits per heavy atom. The van der Waals surface area contributed by atoms with Gasteiger partial charge < -0.3 is 0 Å². The molecule has 0 saturated heterocycles. The summed E-state index contributed by atoms with van der Waals surface area (Å²) in [5, 5.41) is 0. The largest absolute Gasteiger partial charge is 0.295 e. The fraction of sp³-hybridized carbons (Fsp3) is 0.824. The minimum Gasteiger partial charge on any atom is -0.295 e. The molecule has 0 N–H and O–H groups in total. The van der Waals surface area contributed by atoms with Crippen LogP contribution >= 0.6 is 21.6 Å². The van der Waals surface area contributed by atoms with E-state index in [0.717, 1.165) is 30.4 Å². The summed E-state index contributed by atoms with van der Waals surface area (Å²) < 4.78 is 0. The zero-order chi connectivity index (χ0) is 14.0. The van der Waals surface area contributed by atoms with Crippen LogP contribution in [0.15, 0.2) is 11.1 Å². The summed E-state index contributed by atoms with van der Waals surface area (Å²) in [4.78, 5) is 12.7. The summed E-state index contributed by atoms with van der Waals surface area (Å²) in [5.41, 5.74) is 3.50. The predicted octanol–water partition coefficient (Wildman–Crippen LogP) is 4.87. The summed E-state index contributed by atoms with van der Waals surface area (Å²) in [6, 6.07) is 0. The average molecular weight is 309 g/mol. The van der Waals surface area contributed by atoms with Crippen LogP contribution in [-0.2, 0) is 4.79 Å². The highest BCUT2D eigenvalue weighted by atomic mass is 33.1. The van der Waals surface area contributed by atoms with Crippen LogP contribution in [0, 0.1) is 22.7 Å². The highest BCUT2D eigenvalue weighted by Gasteiger charge is 2.66. The second kappa shape index (κ2) is 4.55. The van der Waals surface area contributed by atoms with E-state index in [0.29, 0.717) is 11.2 Å². The van der Waals surface area contributed by atoms with Gasteiger partial charge in [-0.2, -0.15) is 0 Å². The van der Waals surface area contributed by atoms with Crippen LogP contribution in [0.25, 0.3) is 0 Å². The van der Waals surface area contributed by atoms with E-state index in [1.54, 1.807) is 5.57 Å². The van der Waals surface area contributed by atoms with E-state index in [4.69, 9.17) is 0 Å². The Labute approximate surface area is 130 Å². The number of ketones is 1. The number of fused-ring (bicyclic) bond motifs is 1. The highest BCUT2D eigenvalue weighted by Crippen LogP contribution is 2.73. The number of carbonyl (C=O) groups excluding carboxylic acids is 1. The lowest BCUT2D eigenvalue weighted by molar-refractivity contribution is -0.120. The third-order valence-corrected chi connectivity index (χ3v) is 9.37. The van der Waals surface area contributed by atoms with E-state index in [1.807, 2.05) is 21.6 Å². The molecule has 0 amide bonds. The Morgan fingerprint density at radius 2 is 1.80 bits per heavy atom. The third kappa shape index (κ3) is 1.57. The molecule has 4 aliphatic rings. The van der Waals surface area contributed by atoms with Crippen LogP contribution < -0.4 is 0 Å². The lowest BCUT2D eigenvalue weighted by Crippen LogP contribution is -2.46. The first-order chi connectivity index (χ1) is 9.57. The zero-order valence-electron chi connectivity index (χ0n) is 12.5. The standard InChI is InChI=1S/C17H24OS2/c1-16(2)12-4-3-11-5-7-19-20-8-6-13-14(9-12)17(11,16)10-15(13)18/h11-12H,3-10H2,1-2H3. The zero-order valence-corrected chi connectivity index (χ0v) is 14.2. The van der Waals surface area contributed by atoms with Gasteiger partial charge in [-0.15, -0.1) is 0 Å². The Hall–Kier alpha value is 0.110. The van der Waals surface area contributed by atoms with E-state index in [-0.39, 0.29) is 5.41 Å². The van der Waals surface area contributed by atoms with Crippen molar-refractivity contribution in [1.29, 1.82) is 0 Å². The Kier molecular flexibility index (Phi) is 3.13. The molecule has 0 aromatic carbocycles. The summed E-state index contributed by atoms with van der Waals surface area (Å²) in [7, 11) is 4.01. The van der Waals surface area contributed by atoms with Crippen molar-refractivity contribution in [2.24, 2.45) is 22.7 Å². The Balaban J connectivity index is 1.89. The molecule has 4 rings (SSSR count). The Morgan fingerprint density at radius 3 is 2.65 bits per heavy atom. The highest BCUT2D eigenvalue weighted by molar-refractivity contribution is 8.76. The first-order valence-electron chi connectivity index (χ1n) is 8.07. The van der Waals surface area contributed by atoms with Gasteiger partial charge in [0.25, 0.3) is 0 Å². The number of rotatable bonds is 0. The van der Waals surface area contributed by atoms with E-state index in [9.17, 15) is 4.79 Å². The van der Waals surface area contributed by atoms with E-state index >= 15 is 0 Å². The second-order valence-corrected chi connectivity index (χ2v) is 10.3. The molecule has 1 spiro atoms. The molecule has 3 bridgehead atoms. The van der Waals surface area contributed by atoms with Gasteiger partial charge in [0.05, 0.1) is 0 Å². The van der Waals surface area contributed by atoms with Gasteiger partial charge in [0.15, 0.2) is 5.78 Å². The maximum atomic E-state index is 12.7. The number of carbonyl (C=O) groups is 1. The SMILES string of the molecule is CC1(C)C2CCC3CCSSCCC4=C(C2)C31CC4=O. The quantitative estimate of drug-likeness (QED) is 0.594. The number of hydrogen-bond acceptors (Lipinski definition) is 3. The lowest BCUT2D eigenvalue weighted by atomic mass is 9.52. The van der Waals surface area contributed by atoms with Crippen molar-refractivity contribution < 1.29 is 4.79 Å². The monoisotopic (exact) mass is 308 g/mol. The van der Waals surface area contributed by atoms with Gasteiger partial charge in [0.2, 0.25) is 0 Å². The number of hydrogen-bond donors (Lipinski definition) is 0. The first-order valence-corrected chi connectivity index (χ1v) is 10.6. The molecule has 0 aromatic rings. The van der Waals surface area contributed by atoms with Crippen molar-refractivity contribution >= 4 is 27.4 Å². The molecule has 110 valence electrons. The first kappa shape index (κ1) is 13.8. The molecule has 1 nitrogen and oxygen atoms in total. The van der Waals surface area contributed by atoms with Crippen LogP contribution in [0.3, 0.4) is 0 Å². The van der Waals surface area contributed by atoms with Crippen LogP contribution in [0.5, 0.6) is 0 Å². The molecule has 20 heavy (non-hydrogen) atoms. The molecular formula is C17H24OS2. The van der Waals surface area contributed by atoms with Crippen LogP contribution in [0.4, 0.5) is 0 Å².